The Balaban J connectivity index is 0.00000900. The fourth-order valence-corrected chi connectivity index (χ4v) is 2.59. The van der Waals surface area contributed by atoms with Crippen molar-refractivity contribution in [2.75, 3.05) is 34.2 Å². The van der Waals surface area contributed by atoms with Crippen LogP contribution in [-0.4, -0.2) is 68.2 Å². The lowest BCUT2D eigenvalue weighted by molar-refractivity contribution is 0.0473. The minimum atomic E-state index is -0.542. The van der Waals surface area contributed by atoms with E-state index in [2.05, 4.69) is 20.9 Å². The van der Waals surface area contributed by atoms with Gasteiger partial charge in [-0.2, -0.15) is 0 Å². The fraction of sp³-hybridized carbons (Fsp3) is 0.591. The average molecular weight is 547 g/mol. The van der Waals surface area contributed by atoms with Crippen LogP contribution in [0.15, 0.2) is 29.3 Å². The molecule has 176 valence electrons. The second-order valence-corrected chi connectivity index (χ2v) is 9.01. The summed E-state index contributed by atoms with van der Waals surface area (Å²) in [5.74, 6) is 0.622. The number of carbonyl (C=O) groups is 2. The summed E-state index contributed by atoms with van der Waals surface area (Å²) < 4.78 is 5.31. The number of aliphatic imine (C=N–C) groups is 1. The first kappa shape index (κ1) is 29.0. The third-order valence-corrected chi connectivity index (χ3v) is 4.05. The van der Waals surface area contributed by atoms with Crippen molar-refractivity contribution >= 4 is 41.9 Å². The van der Waals surface area contributed by atoms with Crippen LogP contribution >= 0.6 is 24.0 Å². The third kappa shape index (κ3) is 11.8. The lowest BCUT2D eigenvalue weighted by Gasteiger charge is -2.29. The number of halogens is 1. The van der Waals surface area contributed by atoms with Gasteiger partial charge < -0.3 is 25.6 Å². The van der Waals surface area contributed by atoms with Gasteiger partial charge in [0.1, 0.15) is 5.60 Å². The van der Waals surface area contributed by atoms with E-state index < -0.39 is 17.2 Å². The molecule has 0 radical (unpaired) electrons. The van der Waals surface area contributed by atoms with E-state index in [0.29, 0.717) is 24.6 Å². The predicted molar refractivity (Wildman–Crippen MR) is 136 cm³/mol. The molecule has 0 bridgehead atoms. The molecule has 1 rings (SSSR count). The Bertz CT molecular complexity index is 758. The van der Waals surface area contributed by atoms with Crippen molar-refractivity contribution in [1.82, 2.24) is 20.9 Å². The number of nitrogens with one attached hydrogen (secondary N) is 3. The van der Waals surface area contributed by atoms with E-state index in [1.807, 2.05) is 58.9 Å². The van der Waals surface area contributed by atoms with Gasteiger partial charge in [0, 0.05) is 39.8 Å². The minimum Gasteiger partial charge on any atom is -0.444 e. The minimum absolute atomic E-state index is 0. The van der Waals surface area contributed by atoms with Crippen LogP contribution in [0.25, 0.3) is 0 Å². The van der Waals surface area contributed by atoms with Gasteiger partial charge in [0.2, 0.25) is 0 Å². The molecular formula is C22H38IN5O3. The number of amides is 2. The van der Waals surface area contributed by atoms with Crippen molar-refractivity contribution in [3.05, 3.63) is 35.4 Å². The Morgan fingerprint density at radius 3 is 2.29 bits per heavy atom. The zero-order valence-electron chi connectivity index (χ0n) is 20.0. The van der Waals surface area contributed by atoms with Crippen LogP contribution < -0.4 is 16.0 Å². The molecule has 0 fully saturated rings. The van der Waals surface area contributed by atoms with E-state index in [1.165, 1.54) is 0 Å². The summed E-state index contributed by atoms with van der Waals surface area (Å²) in [4.78, 5) is 29.9. The summed E-state index contributed by atoms with van der Waals surface area (Å²) in [6.07, 6.45) is 0.291. The van der Waals surface area contributed by atoms with Gasteiger partial charge >= 0.3 is 6.09 Å². The quantitative estimate of drug-likeness (QED) is 0.277. The summed E-state index contributed by atoms with van der Waals surface area (Å²) in [6.45, 7) is 10.4. The fourth-order valence-electron chi connectivity index (χ4n) is 2.59. The van der Waals surface area contributed by atoms with Crippen LogP contribution in [0, 0.1) is 0 Å². The normalized spacial score (nSPS) is 11.8. The maximum absolute atomic E-state index is 12.1. The molecule has 0 aliphatic heterocycles. The summed E-state index contributed by atoms with van der Waals surface area (Å²) in [5, 5.41) is 9.33. The van der Waals surface area contributed by atoms with Crippen LogP contribution in [0.1, 0.15) is 50.5 Å². The van der Waals surface area contributed by atoms with E-state index >= 15 is 0 Å². The SMILES string of the molecule is CN=C(NCCc1cccc(C(=O)N(C)C)c1)NCC(C)(C)NC(=O)OC(C)(C)C.I. The van der Waals surface area contributed by atoms with E-state index in [0.717, 1.165) is 12.0 Å². The van der Waals surface area contributed by atoms with Gasteiger partial charge in [0.05, 0.1) is 5.54 Å². The molecule has 0 saturated heterocycles. The standard InChI is InChI=1S/C22H37N5O3.HI/c1-21(2,3)30-20(29)26-22(4,5)15-25-19(23-6)24-13-12-16-10-9-11-17(14-16)18(28)27(7)8;/h9-11,14H,12-13,15H2,1-8H3,(H,26,29)(H2,23,24,25);1H. The van der Waals surface area contributed by atoms with Gasteiger partial charge in [-0.05, 0) is 58.7 Å². The molecule has 8 nitrogen and oxygen atoms in total. The molecule has 1 aromatic carbocycles. The number of hydrogen-bond acceptors (Lipinski definition) is 4. The molecule has 0 atom stereocenters. The smallest absolute Gasteiger partial charge is 0.408 e. The number of benzene rings is 1. The highest BCUT2D eigenvalue weighted by Gasteiger charge is 2.24. The number of carbonyl (C=O) groups excluding carboxylic acids is 2. The largest absolute Gasteiger partial charge is 0.444 e. The van der Waals surface area contributed by atoms with Crippen LogP contribution in [-0.2, 0) is 11.2 Å². The number of hydrogen-bond donors (Lipinski definition) is 3. The molecule has 3 N–H and O–H groups in total. The highest BCUT2D eigenvalue weighted by molar-refractivity contribution is 14.0. The van der Waals surface area contributed by atoms with E-state index in [1.54, 1.807) is 26.0 Å². The Hall–Kier alpha value is -2.04. The van der Waals surface area contributed by atoms with Gasteiger partial charge in [-0.3, -0.25) is 9.79 Å². The zero-order chi connectivity index (χ0) is 22.9. The number of guanidine groups is 1. The van der Waals surface area contributed by atoms with Crippen LogP contribution in [0.5, 0.6) is 0 Å². The van der Waals surface area contributed by atoms with Gasteiger partial charge in [-0.15, -0.1) is 24.0 Å². The first-order chi connectivity index (χ1) is 13.8. The molecule has 0 heterocycles. The van der Waals surface area contributed by atoms with Crippen molar-refractivity contribution in [2.45, 2.75) is 52.2 Å². The number of nitrogens with zero attached hydrogens (tertiary/aromatic N) is 2. The molecule has 0 aliphatic rings. The summed E-state index contributed by atoms with van der Waals surface area (Å²) in [5.41, 5.74) is 0.674. The monoisotopic (exact) mass is 547 g/mol. The van der Waals surface area contributed by atoms with Gasteiger partial charge in [-0.25, -0.2) is 4.79 Å². The molecule has 1 aromatic rings. The van der Waals surface area contributed by atoms with Gasteiger partial charge in [-0.1, -0.05) is 12.1 Å². The van der Waals surface area contributed by atoms with Crippen molar-refractivity contribution in [3.63, 3.8) is 0 Å². The van der Waals surface area contributed by atoms with Gasteiger partial charge in [0.25, 0.3) is 5.91 Å². The molecule has 0 saturated carbocycles. The van der Waals surface area contributed by atoms with Crippen LogP contribution in [0.4, 0.5) is 4.79 Å². The molecule has 0 aromatic heterocycles. The maximum Gasteiger partial charge on any atom is 0.408 e. The summed E-state index contributed by atoms with van der Waals surface area (Å²) in [6, 6.07) is 7.62. The summed E-state index contributed by atoms with van der Waals surface area (Å²) >= 11 is 0. The second kappa shape index (κ2) is 12.7. The number of alkyl carbamates (subject to hydrolysis) is 1. The first-order valence-corrected chi connectivity index (χ1v) is 10.1. The highest BCUT2D eigenvalue weighted by atomic mass is 127. The molecule has 31 heavy (non-hydrogen) atoms. The number of ether oxygens (including phenoxy) is 1. The maximum atomic E-state index is 12.1. The lowest BCUT2D eigenvalue weighted by atomic mass is 10.1. The molecule has 0 spiro atoms. The van der Waals surface area contributed by atoms with Crippen molar-refractivity contribution in [2.24, 2.45) is 4.99 Å². The summed E-state index contributed by atoms with van der Waals surface area (Å²) in [7, 11) is 5.18. The average Bonchev–Trinajstić information content (AvgIpc) is 2.61. The zero-order valence-corrected chi connectivity index (χ0v) is 22.3. The molecular weight excluding hydrogens is 509 g/mol. The van der Waals surface area contributed by atoms with Crippen LogP contribution in [0.2, 0.25) is 0 Å². The second-order valence-electron chi connectivity index (χ2n) is 9.01. The highest BCUT2D eigenvalue weighted by Crippen LogP contribution is 2.09. The van der Waals surface area contributed by atoms with Crippen molar-refractivity contribution < 1.29 is 14.3 Å². The van der Waals surface area contributed by atoms with Crippen molar-refractivity contribution in [3.8, 4) is 0 Å². The van der Waals surface area contributed by atoms with E-state index in [4.69, 9.17) is 4.74 Å². The first-order valence-electron chi connectivity index (χ1n) is 10.1. The van der Waals surface area contributed by atoms with Crippen molar-refractivity contribution in [1.29, 1.82) is 0 Å². The molecule has 0 aliphatic carbocycles. The Labute approximate surface area is 203 Å². The van der Waals surface area contributed by atoms with E-state index in [-0.39, 0.29) is 29.9 Å². The number of rotatable bonds is 7. The molecule has 2 amide bonds. The predicted octanol–water partition coefficient (Wildman–Crippen LogP) is 3.02. The Morgan fingerprint density at radius 1 is 1.10 bits per heavy atom. The Morgan fingerprint density at radius 2 is 1.74 bits per heavy atom. The van der Waals surface area contributed by atoms with Gasteiger partial charge in [0.15, 0.2) is 5.96 Å². The van der Waals surface area contributed by atoms with Crippen LogP contribution in [0.3, 0.4) is 0 Å². The molecule has 0 unspecified atom stereocenters. The lowest BCUT2D eigenvalue weighted by Crippen LogP contribution is -2.54. The van der Waals surface area contributed by atoms with E-state index in [9.17, 15) is 9.59 Å². The Kier molecular flexibility index (Phi) is 11.9. The molecule has 9 heteroatoms. The third-order valence-electron chi connectivity index (χ3n) is 4.05. The topological polar surface area (TPSA) is 95.1 Å².